The van der Waals surface area contributed by atoms with Crippen molar-refractivity contribution in [2.24, 2.45) is 5.11 Å². The number of nitrogens with zero attached hydrogens (tertiary/aromatic N) is 4. The predicted molar refractivity (Wildman–Crippen MR) is 60.8 cm³/mol. The Bertz CT molecular complexity index is 450. The smallest absolute Gasteiger partial charge is 0.258 e. The van der Waals surface area contributed by atoms with Gasteiger partial charge in [0.25, 0.3) is 5.69 Å². The number of rotatable bonds is 5. The van der Waals surface area contributed by atoms with E-state index in [0.717, 1.165) is 5.56 Å². The summed E-state index contributed by atoms with van der Waals surface area (Å²) in [4.78, 5) is 12.7. The fourth-order valence-corrected chi connectivity index (χ4v) is 1.14. The molecule has 0 aliphatic carbocycles. The van der Waals surface area contributed by atoms with Gasteiger partial charge in [0.1, 0.15) is 0 Å². The van der Waals surface area contributed by atoms with Crippen molar-refractivity contribution in [1.29, 1.82) is 0 Å². The zero-order chi connectivity index (χ0) is 11.8. The molecule has 0 spiro atoms. The first kappa shape index (κ1) is 11.7. The summed E-state index contributed by atoms with van der Waals surface area (Å²) in [5, 5.41) is 13.9. The third-order valence-electron chi connectivity index (χ3n) is 1.85. The summed E-state index contributed by atoms with van der Waals surface area (Å²) < 4.78 is 0. The molecule has 16 heavy (non-hydrogen) atoms. The zero-order valence-corrected chi connectivity index (χ0v) is 8.48. The monoisotopic (exact) mass is 218 g/mol. The van der Waals surface area contributed by atoms with Crippen LogP contribution in [0.4, 0.5) is 5.69 Å². The maximum absolute atomic E-state index is 10.5. The Morgan fingerprint density at radius 3 is 3.06 bits per heavy atom. The molecule has 0 aromatic heterocycles. The molecule has 0 amide bonds. The van der Waals surface area contributed by atoms with Crippen LogP contribution < -0.4 is 0 Å². The summed E-state index contributed by atoms with van der Waals surface area (Å²) in [6.07, 6.45) is 4.19. The van der Waals surface area contributed by atoms with Gasteiger partial charge in [-0.15, -0.1) is 0 Å². The van der Waals surface area contributed by atoms with Crippen LogP contribution in [0.25, 0.3) is 16.5 Å². The lowest BCUT2D eigenvalue weighted by atomic mass is 10.2. The standard InChI is InChI=1S/C10H10N4O2/c11-13-12-7-2-1-4-9-5-3-6-10(8-9)14(15)16/h1,3-6,8H,2,7H2. The first-order valence-electron chi connectivity index (χ1n) is 4.66. The minimum atomic E-state index is -0.433. The van der Waals surface area contributed by atoms with E-state index in [9.17, 15) is 10.1 Å². The number of hydrogen-bond acceptors (Lipinski definition) is 3. The number of azide groups is 1. The Hall–Kier alpha value is -2.33. The molecule has 0 fully saturated rings. The van der Waals surface area contributed by atoms with E-state index in [-0.39, 0.29) is 5.69 Å². The maximum Gasteiger partial charge on any atom is 0.270 e. The van der Waals surface area contributed by atoms with Crippen molar-refractivity contribution in [3.05, 3.63) is 56.5 Å². The topological polar surface area (TPSA) is 91.9 Å². The average Bonchev–Trinajstić information content (AvgIpc) is 2.29. The number of nitro benzene ring substituents is 1. The third-order valence-corrected chi connectivity index (χ3v) is 1.85. The van der Waals surface area contributed by atoms with Crippen LogP contribution in [0.2, 0.25) is 0 Å². The van der Waals surface area contributed by atoms with E-state index in [2.05, 4.69) is 10.0 Å². The lowest BCUT2D eigenvalue weighted by Gasteiger charge is -1.93. The maximum atomic E-state index is 10.5. The van der Waals surface area contributed by atoms with Gasteiger partial charge in [-0.25, -0.2) is 0 Å². The fourth-order valence-electron chi connectivity index (χ4n) is 1.14. The van der Waals surface area contributed by atoms with Crippen molar-refractivity contribution in [2.45, 2.75) is 6.42 Å². The van der Waals surface area contributed by atoms with Gasteiger partial charge in [0.2, 0.25) is 0 Å². The van der Waals surface area contributed by atoms with Gasteiger partial charge in [0.15, 0.2) is 0 Å². The van der Waals surface area contributed by atoms with Crippen molar-refractivity contribution in [1.82, 2.24) is 0 Å². The molecule has 0 atom stereocenters. The van der Waals surface area contributed by atoms with Gasteiger partial charge in [-0.3, -0.25) is 10.1 Å². The quantitative estimate of drug-likeness (QED) is 0.189. The summed E-state index contributed by atoms with van der Waals surface area (Å²) >= 11 is 0. The minimum Gasteiger partial charge on any atom is -0.258 e. The number of benzene rings is 1. The predicted octanol–water partition coefficient (Wildman–Crippen LogP) is 3.31. The molecule has 1 aromatic carbocycles. The number of hydrogen-bond donors (Lipinski definition) is 0. The van der Waals surface area contributed by atoms with Gasteiger partial charge in [0.05, 0.1) is 4.92 Å². The highest BCUT2D eigenvalue weighted by molar-refractivity contribution is 5.53. The highest BCUT2D eigenvalue weighted by atomic mass is 16.6. The van der Waals surface area contributed by atoms with Crippen molar-refractivity contribution in [3.8, 4) is 0 Å². The van der Waals surface area contributed by atoms with Crippen molar-refractivity contribution < 1.29 is 4.92 Å². The summed E-state index contributed by atoms with van der Waals surface area (Å²) in [5.41, 5.74) is 8.87. The summed E-state index contributed by atoms with van der Waals surface area (Å²) in [5.74, 6) is 0. The first-order chi connectivity index (χ1) is 7.74. The molecule has 0 radical (unpaired) electrons. The SMILES string of the molecule is [N-]=[N+]=NCCC=Cc1cccc([N+](=O)[O-])c1. The number of nitro groups is 1. The molecule has 0 heterocycles. The van der Waals surface area contributed by atoms with Gasteiger partial charge >= 0.3 is 0 Å². The minimum absolute atomic E-state index is 0.0668. The van der Waals surface area contributed by atoms with Gasteiger partial charge in [-0.1, -0.05) is 29.4 Å². The third kappa shape index (κ3) is 3.81. The van der Waals surface area contributed by atoms with Crippen LogP contribution in [0.3, 0.4) is 0 Å². The van der Waals surface area contributed by atoms with Crippen molar-refractivity contribution >= 4 is 11.8 Å². The van der Waals surface area contributed by atoms with E-state index in [1.165, 1.54) is 12.1 Å². The second-order valence-corrected chi connectivity index (χ2v) is 3.00. The second kappa shape index (κ2) is 6.21. The summed E-state index contributed by atoms with van der Waals surface area (Å²) in [7, 11) is 0. The van der Waals surface area contributed by atoms with Crippen LogP contribution in [0, 0.1) is 10.1 Å². The zero-order valence-electron chi connectivity index (χ0n) is 8.48. The van der Waals surface area contributed by atoms with E-state index in [1.807, 2.05) is 6.08 Å². The van der Waals surface area contributed by atoms with Crippen molar-refractivity contribution in [3.63, 3.8) is 0 Å². The van der Waals surface area contributed by atoms with E-state index in [0.29, 0.717) is 13.0 Å². The normalized spacial score (nSPS) is 10.0. The lowest BCUT2D eigenvalue weighted by molar-refractivity contribution is -0.384. The molecular formula is C10H10N4O2. The first-order valence-corrected chi connectivity index (χ1v) is 4.66. The van der Waals surface area contributed by atoms with E-state index < -0.39 is 4.92 Å². The Morgan fingerprint density at radius 1 is 1.56 bits per heavy atom. The Balaban J connectivity index is 2.63. The molecule has 0 N–H and O–H groups in total. The molecule has 0 saturated carbocycles. The van der Waals surface area contributed by atoms with Crippen LogP contribution in [0.5, 0.6) is 0 Å². The number of non-ortho nitro benzene ring substituents is 1. The highest BCUT2D eigenvalue weighted by Gasteiger charge is 2.02. The Morgan fingerprint density at radius 2 is 2.38 bits per heavy atom. The van der Waals surface area contributed by atoms with Crippen LogP contribution in [-0.4, -0.2) is 11.5 Å². The Labute approximate surface area is 92.0 Å². The summed E-state index contributed by atoms with van der Waals surface area (Å²) in [6, 6.07) is 6.34. The van der Waals surface area contributed by atoms with Gasteiger partial charge in [-0.05, 0) is 17.5 Å². The molecule has 0 aliphatic rings. The molecule has 1 aromatic rings. The molecule has 1 rings (SSSR count). The van der Waals surface area contributed by atoms with Crippen LogP contribution >= 0.6 is 0 Å². The van der Waals surface area contributed by atoms with Gasteiger partial charge in [-0.2, -0.15) is 0 Å². The van der Waals surface area contributed by atoms with Gasteiger partial charge < -0.3 is 0 Å². The van der Waals surface area contributed by atoms with Crippen LogP contribution in [0.1, 0.15) is 12.0 Å². The largest absolute Gasteiger partial charge is 0.270 e. The van der Waals surface area contributed by atoms with Gasteiger partial charge in [0, 0.05) is 23.6 Å². The van der Waals surface area contributed by atoms with Crippen molar-refractivity contribution in [2.75, 3.05) is 6.54 Å². The fraction of sp³-hybridized carbons (Fsp3) is 0.200. The van der Waals surface area contributed by atoms with Crippen LogP contribution in [-0.2, 0) is 0 Å². The molecule has 82 valence electrons. The van der Waals surface area contributed by atoms with E-state index in [4.69, 9.17) is 5.53 Å². The van der Waals surface area contributed by atoms with E-state index in [1.54, 1.807) is 18.2 Å². The molecule has 0 bridgehead atoms. The molecule has 0 saturated heterocycles. The lowest BCUT2D eigenvalue weighted by Crippen LogP contribution is -1.87. The molecule has 0 unspecified atom stereocenters. The average molecular weight is 218 g/mol. The Kier molecular flexibility index (Phi) is 4.56. The molecule has 6 nitrogen and oxygen atoms in total. The second-order valence-electron chi connectivity index (χ2n) is 3.00. The van der Waals surface area contributed by atoms with Crippen LogP contribution in [0.15, 0.2) is 35.5 Å². The highest BCUT2D eigenvalue weighted by Crippen LogP contribution is 2.14. The molecule has 6 heteroatoms. The molecular weight excluding hydrogens is 208 g/mol. The molecule has 0 aliphatic heterocycles. The summed E-state index contributed by atoms with van der Waals surface area (Å²) in [6.45, 7) is 0.391. The van der Waals surface area contributed by atoms with E-state index >= 15 is 0 Å².